The Hall–Kier alpha value is 0.110. The number of hydrogen-bond acceptors (Lipinski definition) is 2. The molecule has 11 heavy (non-hydrogen) atoms. The van der Waals surface area contributed by atoms with Crippen LogP contribution in [0.15, 0.2) is 0 Å². The fourth-order valence-electron chi connectivity index (χ4n) is 1.98. The van der Waals surface area contributed by atoms with Crippen LogP contribution in [0.4, 0.5) is 0 Å². The third-order valence-electron chi connectivity index (χ3n) is 2.76. The van der Waals surface area contributed by atoms with Gasteiger partial charge in [-0.25, -0.2) is 0 Å². The molecule has 2 rings (SSSR count). The molecule has 64 valence electrons. The first-order valence-electron chi connectivity index (χ1n) is 4.30. The summed E-state index contributed by atoms with van der Waals surface area (Å²) in [6.07, 6.45) is 4.45. The summed E-state index contributed by atoms with van der Waals surface area (Å²) in [5.74, 6) is 1.72. The van der Waals surface area contributed by atoms with E-state index in [4.69, 9.17) is 4.74 Å². The van der Waals surface area contributed by atoms with Crippen molar-refractivity contribution in [3.63, 3.8) is 0 Å². The zero-order valence-corrected chi connectivity index (χ0v) is 7.49. The van der Waals surface area contributed by atoms with E-state index in [1.54, 1.807) is 0 Å². The van der Waals surface area contributed by atoms with Gasteiger partial charge in [0.2, 0.25) is 0 Å². The molecule has 3 heteroatoms. The zero-order valence-electron chi connectivity index (χ0n) is 6.67. The second kappa shape index (κ2) is 2.87. The van der Waals surface area contributed by atoms with Gasteiger partial charge in [-0.15, -0.1) is 0 Å². The van der Waals surface area contributed by atoms with Crippen molar-refractivity contribution in [1.29, 1.82) is 0 Å². The van der Waals surface area contributed by atoms with Crippen molar-refractivity contribution in [2.45, 2.75) is 31.3 Å². The Balaban J connectivity index is 1.99. The lowest BCUT2D eigenvalue weighted by molar-refractivity contribution is -0.00277. The van der Waals surface area contributed by atoms with E-state index in [2.05, 4.69) is 0 Å². The number of hydrogen-bond donors (Lipinski definition) is 0. The molecule has 2 fully saturated rings. The van der Waals surface area contributed by atoms with E-state index in [1.165, 1.54) is 12.8 Å². The maximum absolute atomic E-state index is 11.1. The molecule has 2 nitrogen and oxygen atoms in total. The topological polar surface area (TPSA) is 26.3 Å². The first-order chi connectivity index (χ1) is 5.31. The molecule has 0 amide bonds. The van der Waals surface area contributed by atoms with Crippen LogP contribution in [0.5, 0.6) is 0 Å². The maximum Gasteiger partial charge on any atom is 0.0701 e. The van der Waals surface area contributed by atoms with Crippen molar-refractivity contribution < 1.29 is 8.95 Å². The SMILES string of the molecule is O=S1CCC2(CCCO2)CC1. The minimum atomic E-state index is -0.542. The molecule has 0 saturated carbocycles. The van der Waals surface area contributed by atoms with Gasteiger partial charge in [-0.3, -0.25) is 4.21 Å². The highest BCUT2D eigenvalue weighted by atomic mass is 32.2. The zero-order chi connectivity index (χ0) is 7.73. The molecule has 0 radical (unpaired) electrons. The molecular weight excluding hydrogens is 160 g/mol. The van der Waals surface area contributed by atoms with Crippen LogP contribution < -0.4 is 0 Å². The fraction of sp³-hybridized carbons (Fsp3) is 1.00. The van der Waals surface area contributed by atoms with Gasteiger partial charge in [0.05, 0.1) is 5.60 Å². The Morgan fingerprint density at radius 2 is 1.91 bits per heavy atom. The van der Waals surface area contributed by atoms with E-state index in [-0.39, 0.29) is 5.60 Å². The van der Waals surface area contributed by atoms with E-state index >= 15 is 0 Å². The van der Waals surface area contributed by atoms with Gasteiger partial charge in [0, 0.05) is 28.9 Å². The summed E-state index contributed by atoms with van der Waals surface area (Å²) in [7, 11) is -0.542. The molecule has 0 N–H and O–H groups in total. The van der Waals surface area contributed by atoms with Crippen molar-refractivity contribution in [2.24, 2.45) is 0 Å². The lowest BCUT2D eigenvalue weighted by Crippen LogP contribution is -2.36. The van der Waals surface area contributed by atoms with Gasteiger partial charge in [-0.1, -0.05) is 0 Å². The lowest BCUT2D eigenvalue weighted by atomic mass is 9.94. The predicted octanol–water partition coefficient (Wildman–Crippen LogP) is 1.08. The summed E-state index contributed by atoms with van der Waals surface area (Å²) in [4.78, 5) is 0. The van der Waals surface area contributed by atoms with Crippen molar-refractivity contribution in [2.75, 3.05) is 18.1 Å². The smallest absolute Gasteiger partial charge is 0.0701 e. The highest BCUT2D eigenvalue weighted by Crippen LogP contribution is 2.35. The molecule has 1 spiro atoms. The summed E-state index contributed by atoms with van der Waals surface area (Å²) in [6, 6.07) is 0. The van der Waals surface area contributed by atoms with Gasteiger partial charge in [-0.2, -0.15) is 0 Å². The molecule has 0 aliphatic carbocycles. The molecule has 0 atom stereocenters. The Morgan fingerprint density at radius 3 is 2.45 bits per heavy atom. The van der Waals surface area contributed by atoms with Gasteiger partial charge >= 0.3 is 0 Å². The highest BCUT2D eigenvalue weighted by Gasteiger charge is 2.37. The summed E-state index contributed by atoms with van der Waals surface area (Å²) in [5, 5.41) is 0. The average Bonchev–Trinajstić information content (AvgIpc) is 2.45. The maximum atomic E-state index is 11.1. The molecule has 0 aromatic carbocycles. The second-order valence-corrected chi connectivity index (χ2v) is 5.18. The van der Waals surface area contributed by atoms with Gasteiger partial charge in [0.1, 0.15) is 0 Å². The van der Waals surface area contributed by atoms with Crippen LogP contribution >= 0.6 is 0 Å². The van der Waals surface area contributed by atoms with Crippen LogP contribution in [0.3, 0.4) is 0 Å². The lowest BCUT2D eigenvalue weighted by Gasteiger charge is -2.31. The fourth-order valence-corrected chi connectivity index (χ4v) is 3.38. The Labute approximate surface area is 69.8 Å². The van der Waals surface area contributed by atoms with E-state index in [0.29, 0.717) is 0 Å². The highest BCUT2D eigenvalue weighted by molar-refractivity contribution is 7.85. The van der Waals surface area contributed by atoms with Crippen molar-refractivity contribution in [3.05, 3.63) is 0 Å². The standard InChI is InChI=1S/C8H14O2S/c9-11-6-3-8(4-7-11)2-1-5-10-8/h1-7H2. The quantitative estimate of drug-likeness (QED) is 0.549. The van der Waals surface area contributed by atoms with Crippen molar-refractivity contribution in [3.8, 4) is 0 Å². The predicted molar refractivity (Wildman–Crippen MR) is 45.0 cm³/mol. The molecule has 0 aromatic heterocycles. The molecule has 2 aliphatic heterocycles. The van der Waals surface area contributed by atoms with Crippen molar-refractivity contribution in [1.82, 2.24) is 0 Å². The van der Waals surface area contributed by atoms with Gasteiger partial charge in [-0.05, 0) is 25.7 Å². The van der Waals surface area contributed by atoms with Gasteiger partial charge in [0.15, 0.2) is 0 Å². The molecule has 0 aromatic rings. The van der Waals surface area contributed by atoms with Crippen LogP contribution in [0.1, 0.15) is 25.7 Å². The minimum absolute atomic E-state index is 0.161. The van der Waals surface area contributed by atoms with E-state index < -0.39 is 10.8 Å². The van der Waals surface area contributed by atoms with Crippen molar-refractivity contribution >= 4 is 10.8 Å². The van der Waals surface area contributed by atoms with Crippen LogP contribution in [0.2, 0.25) is 0 Å². The monoisotopic (exact) mass is 174 g/mol. The third-order valence-corrected chi connectivity index (χ3v) is 4.07. The average molecular weight is 174 g/mol. The summed E-state index contributed by atoms with van der Waals surface area (Å²) < 4.78 is 16.8. The van der Waals surface area contributed by atoms with Gasteiger partial charge < -0.3 is 4.74 Å². The summed E-state index contributed by atoms with van der Waals surface area (Å²) in [5.41, 5.74) is 0.161. The first-order valence-corrected chi connectivity index (χ1v) is 5.79. The van der Waals surface area contributed by atoms with Crippen LogP contribution in [0, 0.1) is 0 Å². The molecule has 2 saturated heterocycles. The van der Waals surface area contributed by atoms with Crippen LogP contribution in [-0.4, -0.2) is 27.9 Å². The second-order valence-electron chi connectivity index (χ2n) is 3.48. The molecule has 2 heterocycles. The summed E-state index contributed by atoms with van der Waals surface area (Å²) in [6.45, 7) is 0.923. The molecular formula is C8H14O2S. The normalized spacial score (nSPS) is 44.9. The Morgan fingerprint density at radius 1 is 1.18 bits per heavy atom. The summed E-state index contributed by atoms with van der Waals surface area (Å²) >= 11 is 0. The molecule has 0 bridgehead atoms. The number of rotatable bonds is 0. The molecule has 0 unspecified atom stereocenters. The third kappa shape index (κ3) is 1.49. The Kier molecular flexibility index (Phi) is 2.02. The van der Waals surface area contributed by atoms with E-state index in [0.717, 1.165) is 31.0 Å². The number of ether oxygens (including phenoxy) is 1. The van der Waals surface area contributed by atoms with E-state index in [9.17, 15) is 4.21 Å². The molecule has 2 aliphatic rings. The van der Waals surface area contributed by atoms with Gasteiger partial charge in [0.25, 0.3) is 0 Å². The van der Waals surface area contributed by atoms with Crippen LogP contribution in [0.25, 0.3) is 0 Å². The Bertz CT molecular complexity index is 161. The van der Waals surface area contributed by atoms with E-state index in [1.807, 2.05) is 0 Å². The first kappa shape index (κ1) is 7.74. The minimum Gasteiger partial charge on any atom is -0.375 e. The van der Waals surface area contributed by atoms with Crippen LogP contribution in [-0.2, 0) is 15.5 Å². The largest absolute Gasteiger partial charge is 0.375 e.